The Kier molecular flexibility index (Phi) is 4.66. The second-order valence-electron chi connectivity index (χ2n) is 3.18. The molecule has 0 saturated heterocycles. The summed E-state index contributed by atoms with van der Waals surface area (Å²) >= 11 is 0. The van der Waals surface area contributed by atoms with Gasteiger partial charge in [0.15, 0.2) is 0 Å². The molecular formula is C12H13FO3. The van der Waals surface area contributed by atoms with Gasteiger partial charge in [-0.3, -0.25) is 0 Å². The fourth-order valence-corrected chi connectivity index (χ4v) is 1.23. The van der Waals surface area contributed by atoms with E-state index in [0.29, 0.717) is 5.56 Å². The van der Waals surface area contributed by atoms with Crippen molar-refractivity contribution >= 4 is 5.97 Å². The van der Waals surface area contributed by atoms with E-state index in [9.17, 15) is 9.18 Å². The van der Waals surface area contributed by atoms with E-state index >= 15 is 0 Å². The fourth-order valence-electron chi connectivity index (χ4n) is 1.23. The van der Waals surface area contributed by atoms with E-state index in [4.69, 9.17) is 9.84 Å². The van der Waals surface area contributed by atoms with E-state index in [1.165, 1.54) is 24.3 Å². The van der Waals surface area contributed by atoms with Crippen LogP contribution in [0.15, 0.2) is 30.4 Å². The molecule has 0 unspecified atom stereocenters. The number of esters is 1. The quantitative estimate of drug-likeness (QED) is 0.627. The van der Waals surface area contributed by atoms with E-state index in [1.807, 2.05) is 0 Å². The molecule has 1 aromatic carbocycles. The molecule has 3 nitrogen and oxygen atoms in total. The van der Waals surface area contributed by atoms with E-state index in [1.54, 1.807) is 13.0 Å². The Balaban J connectivity index is 2.70. The van der Waals surface area contributed by atoms with Crippen molar-refractivity contribution in [3.63, 3.8) is 0 Å². The van der Waals surface area contributed by atoms with Gasteiger partial charge in [0.05, 0.1) is 12.2 Å². The molecule has 0 aliphatic carbocycles. The Morgan fingerprint density at radius 1 is 1.50 bits per heavy atom. The third kappa shape index (κ3) is 3.17. The van der Waals surface area contributed by atoms with Gasteiger partial charge in [-0.15, -0.1) is 0 Å². The molecule has 0 fully saturated rings. The Morgan fingerprint density at radius 2 is 2.25 bits per heavy atom. The number of ether oxygens (including phenoxy) is 1. The molecule has 0 aliphatic rings. The lowest BCUT2D eigenvalue weighted by atomic mass is 10.1. The Hall–Kier alpha value is -1.68. The van der Waals surface area contributed by atoms with Gasteiger partial charge >= 0.3 is 5.97 Å². The van der Waals surface area contributed by atoms with Crippen LogP contribution in [0.2, 0.25) is 0 Å². The number of carbonyl (C=O) groups excluding carboxylic acids is 1. The molecule has 4 heteroatoms. The first-order valence-corrected chi connectivity index (χ1v) is 4.85. The molecule has 0 bridgehead atoms. The molecule has 0 saturated carbocycles. The SMILES string of the molecule is Cc1cccc(F)c1C(=O)OC/C=C/CO. The molecular weight excluding hydrogens is 211 g/mol. The van der Waals surface area contributed by atoms with Gasteiger partial charge in [0, 0.05) is 0 Å². The highest BCUT2D eigenvalue weighted by Crippen LogP contribution is 2.13. The number of aryl methyl sites for hydroxylation is 1. The van der Waals surface area contributed by atoms with E-state index in [0.717, 1.165) is 0 Å². The molecule has 0 heterocycles. The van der Waals surface area contributed by atoms with Gasteiger partial charge in [-0.05, 0) is 24.6 Å². The first-order chi connectivity index (χ1) is 7.66. The second kappa shape index (κ2) is 6.02. The summed E-state index contributed by atoms with van der Waals surface area (Å²) in [6.07, 6.45) is 2.94. The first kappa shape index (κ1) is 12.4. The van der Waals surface area contributed by atoms with E-state index in [-0.39, 0.29) is 18.8 Å². The highest BCUT2D eigenvalue weighted by Gasteiger charge is 2.14. The highest BCUT2D eigenvalue weighted by molar-refractivity contribution is 5.91. The molecule has 0 aliphatic heterocycles. The molecule has 0 spiro atoms. The molecule has 86 valence electrons. The van der Waals surface area contributed by atoms with Crippen molar-refractivity contribution in [2.75, 3.05) is 13.2 Å². The van der Waals surface area contributed by atoms with Crippen LogP contribution in [0.5, 0.6) is 0 Å². The van der Waals surface area contributed by atoms with Gasteiger partial charge < -0.3 is 9.84 Å². The Morgan fingerprint density at radius 3 is 2.88 bits per heavy atom. The molecule has 1 N–H and O–H groups in total. The van der Waals surface area contributed by atoms with Crippen molar-refractivity contribution < 1.29 is 19.0 Å². The number of aliphatic hydroxyl groups is 1. The third-order valence-corrected chi connectivity index (χ3v) is 2.01. The zero-order chi connectivity index (χ0) is 12.0. The lowest BCUT2D eigenvalue weighted by Gasteiger charge is -2.05. The van der Waals surface area contributed by atoms with Crippen LogP contribution in [-0.4, -0.2) is 24.3 Å². The molecule has 0 amide bonds. The summed E-state index contributed by atoms with van der Waals surface area (Å²) in [6.45, 7) is 1.55. The summed E-state index contributed by atoms with van der Waals surface area (Å²) in [5.74, 6) is -1.28. The highest BCUT2D eigenvalue weighted by atomic mass is 19.1. The van der Waals surface area contributed by atoms with Gasteiger partial charge in [-0.25, -0.2) is 9.18 Å². The predicted molar refractivity (Wildman–Crippen MR) is 57.6 cm³/mol. The molecule has 1 aromatic rings. The topological polar surface area (TPSA) is 46.5 Å². The maximum atomic E-state index is 13.3. The minimum atomic E-state index is -0.696. The van der Waals surface area contributed by atoms with Gasteiger partial charge in [-0.1, -0.05) is 18.2 Å². The van der Waals surface area contributed by atoms with Crippen LogP contribution in [-0.2, 0) is 4.74 Å². The summed E-state index contributed by atoms with van der Waals surface area (Å²) in [4.78, 5) is 11.5. The minimum absolute atomic E-state index is 0.0210. The van der Waals surface area contributed by atoms with Crippen molar-refractivity contribution in [3.05, 3.63) is 47.3 Å². The van der Waals surface area contributed by atoms with Gasteiger partial charge in [0.1, 0.15) is 12.4 Å². The number of hydrogen-bond acceptors (Lipinski definition) is 3. The zero-order valence-electron chi connectivity index (χ0n) is 8.94. The summed E-state index contributed by atoms with van der Waals surface area (Å²) in [5.41, 5.74) is 0.496. The average Bonchev–Trinajstić information content (AvgIpc) is 2.24. The lowest BCUT2D eigenvalue weighted by Crippen LogP contribution is -2.09. The normalized spacial score (nSPS) is 10.7. The summed E-state index contributed by atoms with van der Waals surface area (Å²) in [5, 5.41) is 8.45. The fraction of sp³-hybridized carbons (Fsp3) is 0.250. The maximum absolute atomic E-state index is 13.3. The number of hydrogen-bond donors (Lipinski definition) is 1. The smallest absolute Gasteiger partial charge is 0.341 e. The zero-order valence-corrected chi connectivity index (χ0v) is 8.94. The van der Waals surface area contributed by atoms with Crippen molar-refractivity contribution in [2.24, 2.45) is 0 Å². The van der Waals surface area contributed by atoms with Crippen molar-refractivity contribution in [1.82, 2.24) is 0 Å². The number of benzene rings is 1. The Bertz CT molecular complexity index is 379. The van der Waals surface area contributed by atoms with Crippen molar-refractivity contribution in [2.45, 2.75) is 6.92 Å². The molecule has 1 rings (SSSR count). The third-order valence-electron chi connectivity index (χ3n) is 2.01. The Labute approximate surface area is 93.2 Å². The van der Waals surface area contributed by atoms with Crippen LogP contribution < -0.4 is 0 Å². The first-order valence-electron chi connectivity index (χ1n) is 4.85. The van der Waals surface area contributed by atoms with Crippen LogP contribution in [0.4, 0.5) is 4.39 Å². The van der Waals surface area contributed by atoms with Crippen LogP contribution in [0.25, 0.3) is 0 Å². The van der Waals surface area contributed by atoms with Crippen LogP contribution in [0.3, 0.4) is 0 Å². The van der Waals surface area contributed by atoms with E-state index < -0.39 is 11.8 Å². The van der Waals surface area contributed by atoms with Crippen LogP contribution in [0, 0.1) is 12.7 Å². The van der Waals surface area contributed by atoms with Crippen molar-refractivity contribution in [1.29, 1.82) is 0 Å². The molecule has 16 heavy (non-hydrogen) atoms. The van der Waals surface area contributed by atoms with Crippen LogP contribution >= 0.6 is 0 Å². The van der Waals surface area contributed by atoms with Crippen molar-refractivity contribution in [3.8, 4) is 0 Å². The maximum Gasteiger partial charge on any atom is 0.341 e. The van der Waals surface area contributed by atoms with Gasteiger partial charge in [0.2, 0.25) is 0 Å². The largest absolute Gasteiger partial charge is 0.458 e. The monoisotopic (exact) mass is 224 g/mol. The molecule has 0 atom stereocenters. The summed E-state index contributed by atoms with van der Waals surface area (Å²) < 4.78 is 18.1. The summed E-state index contributed by atoms with van der Waals surface area (Å²) in [6, 6.07) is 4.39. The van der Waals surface area contributed by atoms with Crippen LogP contribution in [0.1, 0.15) is 15.9 Å². The number of carbonyl (C=O) groups is 1. The van der Waals surface area contributed by atoms with Gasteiger partial charge in [0.25, 0.3) is 0 Å². The van der Waals surface area contributed by atoms with Gasteiger partial charge in [-0.2, -0.15) is 0 Å². The van der Waals surface area contributed by atoms with E-state index in [2.05, 4.69) is 0 Å². The number of halogens is 1. The average molecular weight is 224 g/mol. The number of aliphatic hydroxyl groups excluding tert-OH is 1. The second-order valence-corrected chi connectivity index (χ2v) is 3.18. The lowest BCUT2D eigenvalue weighted by molar-refractivity contribution is 0.0542. The standard InChI is InChI=1S/C12H13FO3/c1-9-5-4-6-10(13)11(9)12(15)16-8-3-2-7-14/h2-6,14H,7-8H2,1H3/b3-2+. The molecule has 0 radical (unpaired) electrons. The predicted octanol–water partition coefficient (Wildman–Crippen LogP) is 1.84. The minimum Gasteiger partial charge on any atom is -0.458 e. The summed E-state index contributed by atoms with van der Waals surface area (Å²) in [7, 11) is 0. The molecule has 0 aromatic heterocycles. The number of rotatable bonds is 4.